The summed E-state index contributed by atoms with van der Waals surface area (Å²) in [6.07, 6.45) is 7.50. The second kappa shape index (κ2) is 7.39. The first kappa shape index (κ1) is 14.2. The maximum atomic E-state index is 9.48. The molecule has 0 saturated heterocycles. The van der Waals surface area contributed by atoms with Crippen LogP contribution in [0.15, 0.2) is 18.2 Å². The standard InChI is InChI=1S/C16H25NO2/c1-2-3-4-5-10-17-12-15-9-7-13-6-8-14(18)11-16(13)19-15/h6,8,11,15,17-18H,2-5,7,9-10,12H2,1H3. The van der Waals surface area contributed by atoms with Gasteiger partial charge in [-0.1, -0.05) is 32.3 Å². The average Bonchev–Trinajstić information content (AvgIpc) is 2.42. The highest BCUT2D eigenvalue weighted by atomic mass is 16.5. The first-order chi connectivity index (χ1) is 9.29. The minimum absolute atomic E-state index is 0.237. The molecule has 0 saturated carbocycles. The Morgan fingerprint density at radius 3 is 3.05 bits per heavy atom. The second-order valence-electron chi connectivity index (χ2n) is 5.34. The Morgan fingerprint density at radius 2 is 2.21 bits per heavy atom. The molecule has 19 heavy (non-hydrogen) atoms. The number of hydrogen-bond acceptors (Lipinski definition) is 3. The molecule has 1 heterocycles. The lowest BCUT2D eigenvalue weighted by molar-refractivity contribution is 0.170. The molecule has 0 amide bonds. The zero-order chi connectivity index (χ0) is 13.5. The Kier molecular flexibility index (Phi) is 5.52. The van der Waals surface area contributed by atoms with E-state index in [1.165, 1.54) is 31.2 Å². The summed E-state index contributed by atoms with van der Waals surface area (Å²) in [6, 6.07) is 5.41. The predicted octanol–water partition coefficient (Wildman–Crippen LogP) is 3.26. The van der Waals surface area contributed by atoms with Crippen LogP contribution >= 0.6 is 0 Å². The minimum Gasteiger partial charge on any atom is -0.508 e. The summed E-state index contributed by atoms with van der Waals surface area (Å²) in [5, 5.41) is 12.9. The van der Waals surface area contributed by atoms with E-state index in [0.29, 0.717) is 0 Å². The van der Waals surface area contributed by atoms with Gasteiger partial charge in [0.15, 0.2) is 0 Å². The van der Waals surface area contributed by atoms with E-state index in [1.54, 1.807) is 12.1 Å². The molecule has 0 spiro atoms. The zero-order valence-electron chi connectivity index (χ0n) is 11.8. The van der Waals surface area contributed by atoms with Crippen LogP contribution in [-0.2, 0) is 6.42 Å². The quantitative estimate of drug-likeness (QED) is 0.742. The van der Waals surface area contributed by atoms with Gasteiger partial charge in [-0.15, -0.1) is 0 Å². The van der Waals surface area contributed by atoms with Crippen LogP contribution in [0.4, 0.5) is 0 Å². The third-order valence-electron chi connectivity index (χ3n) is 3.66. The molecular weight excluding hydrogens is 238 g/mol. The van der Waals surface area contributed by atoms with Crippen LogP contribution in [0.1, 0.15) is 44.6 Å². The Morgan fingerprint density at radius 1 is 1.32 bits per heavy atom. The molecule has 106 valence electrons. The number of nitrogens with one attached hydrogen (secondary N) is 1. The van der Waals surface area contributed by atoms with Crippen LogP contribution in [0.3, 0.4) is 0 Å². The summed E-state index contributed by atoms with van der Waals surface area (Å²) in [5.41, 5.74) is 1.21. The van der Waals surface area contributed by atoms with Gasteiger partial charge in [0.1, 0.15) is 17.6 Å². The topological polar surface area (TPSA) is 41.5 Å². The van der Waals surface area contributed by atoms with Crippen molar-refractivity contribution >= 4 is 0 Å². The normalized spacial score (nSPS) is 17.8. The molecule has 1 aliphatic heterocycles. The summed E-state index contributed by atoms with van der Waals surface area (Å²) in [5.74, 6) is 1.14. The number of fused-ring (bicyclic) bond motifs is 1. The van der Waals surface area contributed by atoms with E-state index in [9.17, 15) is 5.11 Å². The number of aryl methyl sites for hydroxylation is 1. The largest absolute Gasteiger partial charge is 0.508 e. The van der Waals surface area contributed by atoms with Crippen molar-refractivity contribution in [3.63, 3.8) is 0 Å². The lowest BCUT2D eigenvalue weighted by Gasteiger charge is -2.26. The van der Waals surface area contributed by atoms with Crippen molar-refractivity contribution in [3.8, 4) is 11.5 Å². The van der Waals surface area contributed by atoms with Gasteiger partial charge < -0.3 is 15.2 Å². The van der Waals surface area contributed by atoms with Crippen molar-refractivity contribution in [2.75, 3.05) is 13.1 Å². The Hall–Kier alpha value is -1.22. The van der Waals surface area contributed by atoms with Crippen molar-refractivity contribution < 1.29 is 9.84 Å². The third kappa shape index (κ3) is 4.43. The fourth-order valence-electron chi connectivity index (χ4n) is 2.50. The van der Waals surface area contributed by atoms with Crippen molar-refractivity contribution in [2.24, 2.45) is 0 Å². The number of hydrogen-bond donors (Lipinski definition) is 2. The van der Waals surface area contributed by atoms with Gasteiger partial charge in [-0.2, -0.15) is 0 Å². The molecule has 3 heteroatoms. The number of ether oxygens (including phenoxy) is 1. The van der Waals surface area contributed by atoms with E-state index in [4.69, 9.17) is 4.74 Å². The van der Waals surface area contributed by atoms with Crippen LogP contribution in [-0.4, -0.2) is 24.3 Å². The van der Waals surface area contributed by atoms with E-state index in [0.717, 1.165) is 31.7 Å². The highest BCUT2D eigenvalue weighted by Gasteiger charge is 2.19. The molecule has 0 radical (unpaired) electrons. The number of rotatable bonds is 7. The number of phenols is 1. The Bertz CT molecular complexity index is 392. The van der Waals surface area contributed by atoms with E-state index in [-0.39, 0.29) is 11.9 Å². The average molecular weight is 263 g/mol. The molecule has 0 bridgehead atoms. The van der Waals surface area contributed by atoms with Crippen molar-refractivity contribution in [2.45, 2.75) is 51.6 Å². The predicted molar refractivity (Wildman–Crippen MR) is 77.9 cm³/mol. The zero-order valence-corrected chi connectivity index (χ0v) is 11.8. The van der Waals surface area contributed by atoms with E-state index in [1.807, 2.05) is 6.07 Å². The summed E-state index contributed by atoms with van der Waals surface area (Å²) >= 11 is 0. The van der Waals surface area contributed by atoms with Crippen LogP contribution in [0, 0.1) is 0 Å². The van der Waals surface area contributed by atoms with Crippen molar-refractivity contribution in [3.05, 3.63) is 23.8 Å². The first-order valence-corrected chi connectivity index (χ1v) is 7.49. The SMILES string of the molecule is CCCCCCNCC1CCc2ccc(O)cc2O1. The minimum atomic E-state index is 0.237. The molecule has 3 nitrogen and oxygen atoms in total. The molecule has 2 N–H and O–H groups in total. The highest BCUT2D eigenvalue weighted by Crippen LogP contribution is 2.30. The maximum Gasteiger partial charge on any atom is 0.126 e. The van der Waals surface area contributed by atoms with Crippen molar-refractivity contribution in [1.82, 2.24) is 5.32 Å². The number of benzene rings is 1. The molecule has 0 aromatic heterocycles. The van der Waals surface area contributed by atoms with Gasteiger partial charge >= 0.3 is 0 Å². The van der Waals surface area contributed by atoms with Gasteiger partial charge in [-0.05, 0) is 37.4 Å². The molecule has 0 aliphatic carbocycles. The molecule has 1 unspecified atom stereocenters. The maximum absolute atomic E-state index is 9.48. The lowest BCUT2D eigenvalue weighted by Crippen LogP contribution is -2.34. The fourth-order valence-corrected chi connectivity index (χ4v) is 2.50. The van der Waals surface area contributed by atoms with Gasteiger partial charge in [0.05, 0.1) is 0 Å². The van der Waals surface area contributed by atoms with Crippen molar-refractivity contribution in [1.29, 1.82) is 0 Å². The smallest absolute Gasteiger partial charge is 0.126 e. The fraction of sp³-hybridized carbons (Fsp3) is 0.625. The molecule has 2 rings (SSSR count). The Balaban J connectivity index is 1.70. The van der Waals surface area contributed by atoms with Gasteiger partial charge in [0, 0.05) is 12.6 Å². The summed E-state index contributed by atoms with van der Waals surface area (Å²) in [4.78, 5) is 0. The highest BCUT2D eigenvalue weighted by molar-refractivity contribution is 5.41. The molecule has 1 atom stereocenters. The van der Waals surface area contributed by atoms with Gasteiger partial charge in [0.25, 0.3) is 0 Å². The monoisotopic (exact) mass is 263 g/mol. The second-order valence-corrected chi connectivity index (χ2v) is 5.34. The van der Waals surface area contributed by atoms with Crippen LogP contribution in [0.25, 0.3) is 0 Å². The Labute approximate surface area is 116 Å². The van der Waals surface area contributed by atoms with Gasteiger partial charge in [-0.25, -0.2) is 0 Å². The first-order valence-electron chi connectivity index (χ1n) is 7.49. The number of aromatic hydroxyl groups is 1. The van der Waals surface area contributed by atoms with E-state index >= 15 is 0 Å². The summed E-state index contributed by atoms with van der Waals surface area (Å²) in [7, 11) is 0. The molecule has 1 aliphatic rings. The molecule has 1 aromatic carbocycles. The van der Waals surface area contributed by atoms with Crippen LogP contribution in [0.5, 0.6) is 11.5 Å². The van der Waals surface area contributed by atoms with E-state index < -0.39 is 0 Å². The molecule has 0 fully saturated rings. The van der Waals surface area contributed by atoms with Gasteiger partial charge in [0.2, 0.25) is 0 Å². The number of unbranched alkanes of at least 4 members (excludes halogenated alkanes) is 3. The lowest BCUT2D eigenvalue weighted by atomic mass is 10.0. The van der Waals surface area contributed by atoms with Gasteiger partial charge in [-0.3, -0.25) is 0 Å². The third-order valence-corrected chi connectivity index (χ3v) is 3.66. The van der Waals surface area contributed by atoms with Crippen LogP contribution in [0.2, 0.25) is 0 Å². The summed E-state index contributed by atoms with van der Waals surface area (Å²) in [6.45, 7) is 4.21. The number of phenolic OH excluding ortho intramolecular Hbond substituents is 1. The van der Waals surface area contributed by atoms with E-state index in [2.05, 4.69) is 12.2 Å². The summed E-state index contributed by atoms with van der Waals surface area (Å²) < 4.78 is 5.92. The van der Waals surface area contributed by atoms with Crippen LogP contribution < -0.4 is 10.1 Å². The molecular formula is C16H25NO2. The molecule has 1 aromatic rings.